The molecule has 1 aromatic carbocycles. The highest BCUT2D eigenvalue weighted by molar-refractivity contribution is 8.25. The largest absolute Gasteiger partial charge is 0.364 e. The lowest BCUT2D eigenvalue weighted by atomic mass is 10.2. The Kier molecular flexibility index (Phi) is 4.73. The van der Waals surface area contributed by atoms with Gasteiger partial charge in [0.15, 0.2) is 0 Å². The lowest BCUT2D eigenvalue weighted by molar-refractivity contribution is -0.113. The first-order valence-electron chi connectivity index (χ1n) is 6.33. The molecule has 8 heteroatoms. The third-order valence-electron chi connectivity index (χ3n) is 3.11. The molecule has 1 aliphatic rings. The zero-order chi connectivity index (χ0) is 15.7. The number of amides is 1. The predicted molar refractivity (Wildman–Crippen MR) is 93.9 cm³/mol. The average molecular weight is 372 g/mol. The van der Waals surface area contributed by atoms with E-state index in [-0.39, 0.29) is 5.25 Å². The Bertz CT molecular complexity index is 747. The van der Waals surface area contributed by atoms with Gasteiger partial charge in [0, 0.05) is 33.4 Å². The molecule has 4 nitrogen and oxygen atoms in total. The fourth-order valence-corrected chi connectivity index (χ4v) is 5.75. The lowest BCUT2D eigenvalue weighted by Gasteiger charge is -2.11. The number of halogens is 2. The van der Waals surface area contributed by atoms with Crippen LogP contribution in [-0.4, -0.2) is 21.2 Å². The van der Waals surface area contributed by atoms with E-state index in [1.165, 1.54) is 0 Å². The zero-order valence-electron chi connectivity index (χ0n) is 11.2. The van der Waals surface area contributed by atoms with Gasteiger partial charge in [-0.05, 0) is 17.7 Å². The molecule has 22 heavy (non-hydrogen) atoms. The zero-order valence-corrected chi connectivity index (χ0v) is 14.3. The Balaban J connectivity index is 1.93. The minimum atomic E-state index is -0.476. The van der Waals surface area contributed by atoms with E-state index in [1.54, 1.807) is 52.9 Å². The molecule has 0 saturated carbocycles. The molecular formula is C14H11Cl2N3OS2. The van der Waals surface area contributed by atoms with Gasteiger partial charge in [-0.3, -0.25) is 9.36 Å². The molecule has 1 amide bonds. The van der Waals surface area contributed by atoms with E-state index in [4.69, 9.17) is 28.9 Å². The molecule has 1 atom stereocenters. The molecular weight excluding hydrogens is 361 g/mol. The molecule has 1 fully saturated rings. The van der Waals surface area contributed by atoms with Crippen LogP contribution in [0.3, 0.4) is 0 Å². The van der Waals surface area contributed by atoms with E-state index < -0.39 is 5.91 Å². The normalized spacial score (nSPS) is 20.2. The smallest absolute Gasteiger partial charge is 0.267 e. The minimum Gasteiger partial charge on any atom is -0.364 e. The molecule has 2 heterocycles. The Morgan fingerprint density at radius 3 is 2.86 bits per heavy atom. The standard InChI is InChI=1S/C14H11Cl2N3OS2/c15-8-1-2-9(10(16)5-8)11-6-21-14(22-11)12(13(17)20)19-4-3-18-7-19/h1-5,7,11H,6H2,(H2,17,20)/b14-12-/t11-/m0/s1. The first-order chi connectivity index (χ1) is 10.6. The van der Waals surface area contributed by atoms with Crippen LogP contribution in [0, 0.1) is 0 Å². The van der Waals surface area contributed by atoms with Crippen LogP contribution in [0.5, 0.6) is 0 Å². The monoisotopic (exact) mass is 371 g/mol. The number of imidazole rings is 1. The summed E-state index contributed by atoms with van der Waals surface area (Å²) in [6, 6.07) is 5.48. The van der Waals surface area contributed by atoms with Crippen molar-refractivity contribution in [2.24, 2.45) is 5.73 Å². The van der Waals surface area contributed by atoms with E-state index in [0.29, 0.717) is 15.7 Å². The summed E-state index contributed by atoms with van der Waals surface area (Å²) < 4.78 is 2.52. The Hall–Kier alpha value is -1.08. The summed E-state index contributed by atoms with van der Waals surface area (Å²) in [5, 5.41) is 1.40. The van der Waals surface area contributed by atoms with Crippen molar-refractivity contribution in [3.05, 3.63) is 56.8 Å². The molecule has 0 radical (unpaired) electrons. The Labute approximate surface area is 146 Å². The van der Waals surface area contributed by atoms with Crippen molar-refractivity contribution in [1.29, 1.82) is 0 Å². The number of hydrogen-bond donors (Lipinski definition) is 1. The summed E-state index contributed by atoms with van der Waals surface area (Å²) in [5.41, 5.74) is 6.98. The van der Waals surface area contributed by atoms with Crippen molar-refractivity contribution in [3.8, 4) is 0 Å². The molecule has 1 aromatic heterocycles. The molecule has 0 aliphatic carbocycles. The van der Waals surface area contributed by atoms with Crippen molar-refractivity contribution in [2.45, 2.75) is 5.25 Å². The van der Waals surface area contributed by atoms with Crippen LogP contribution in [-0.2, 0) is 4.79 Å². The van der Waals surface area contributed by atoms with Gasteiger partial charge in [0.25, 0.3) is 5.91 Å². The van der Waals surface area contributed by atoms with Crippen LogP contribution in [0.4, 0.5) is 0 Å². The van der Waals surface area contributed by atoms with Crippen LogP contribution in [0.25, 0.3) is 5.70 Å². The van der Waals surface area contributed by atoms with Crippen LogP contribution in [0.2, 0.25) is 10.0 Å². The number of hydrogen-bond acceptors (Lipinski definition) is 4. The SMILES string of the molecule is NC(=O)/C(=C1\SC[C@@H](c2ccc(Cl)cc2Cl)S1)n1ccnc1. The second-order valence-corrected chi connectivity index (χ2v) is 7.90. The van der Waals surface area contributed by atoms with Crippen LogP contribution >= 0.6 is 46.7 Å². The van der Waals surface area contributed by atoms with Gasteiger partial charge in [-0.25, -0.2) is 4.98 Å². The van der Waals surface area contributed by atoms with Crippen molar-refractivity contribution >= 4 is 58.3 Å². The third-order valence-corrected chi connectivity index (χ3v) is 6.60. The molecule has 0 unspecified atom stereocenters. The van der Waals surface area contributed by atoms with E-state index >= 15 is 0 Å². The number of aromatic nitrogens is 2. The molecule has 2 aromatic rings. The van der Waals surface area contributed by atoms with Crippen molar-refractivity contribution < 1.29 is 4.79 Å². The lowest BCUT2D eigenvalue weighted by Crippen LogP contribution is -2.17. The highest BCUT2D eigenvalue weighted by Gasteiger charge is 2.29. The van der Waals surface area contributed by atoms with E-state index in [2.05, 4.69) is 4.98 Å². The van der Waals surface area contributed by atoms with Gasteiger partial charge >= 0.3 is 0 Å². The quantitative estimate of drug-likeness (QED) is 0.827. The molecule has 2 N–H and O–H groups in total. The number of nitrogens with zero attached hydrogens (tertiary/aromatic N) is 2. The van der Waals surface area contributed by atoms with Gasteiger partial charge in [0.05, 0.1) is 10.6 Å². The number of carbonyl (C=O) groups is 1. The van der Waals surface area contributed by atoms with Crippen molar-refractivity contribution in [2.75, 3.05) is 5.75 Å². The summed E-state index contributed by atoms with van der Waals surface area (Å²) in [4.78, 5) is 15.7. The molecule has 1 saturated heterocycles. The minimum absolute atomic E-state index is 0.155. The highest BCUT2D eigenvalue weighted by atomic mass is 35.5. The van der Waals surface area contributed by atoms with Gasteiger partial charge < -0.3 is 5.73 Å². The number of primary amides is 1. The van der Waals surface area contributed by atoms with Crippen molar-refractivity contribution in [3.63, 3.8) is 0 Å². The van der Waals surface area contributed by atoms with Crippen LogP contribution < -0.4 is 5.73 Å². The molecule has 0 spiro atoms. The van der Waals surface area contributed by atoms with Crippen LogP contribution in [0.1, 0.15) is 10.8 Å². The number of rotatable bonds is 3. The van der Waals surface area contributed by atoms with E-state index in [1.807, 2.05) is 12.1 Å². The summed E-state index contributed by atoms with van der Waals surface area (Å²) in [6.07, 6.45) is 4.88. The predicted octanol–water partition coefficient (Wildman–Crippen LogP) is 4.02. The summed E-state index contributed by atoms with van der Waals surface area (Å²) in [6.45, 7) is 0. The third kappa shape index (κ3) is 3.15. The van der Waals surface area contributed by atoms with Gasteiger partial charge in [0.2, 0.25) is 0 Å². The first kappa shape index (κ1) is 15.8. The Morgan fingerprint density at radius 2 is 2.23 bits per heavy atom. The number of thioether (sulfide) groups is 2. The molecule has 114 valence electrons. The maximum absolute atomic E-state index is 11.8. The van der Waals surface area contributed by atoms with Gasteiger partial charge in [-0.1, -0.05) is 29.3 Å². The maximum atomic E-state index is 11.8. The highest BCUT2D eigenvalue weighted by Crippen LogP contribution is 2.53. The molecule has 3 rings (SSSR count). The number of carbonyl (C=O) groups excluding carboxylic acids is 1. The van der Waals surface area contributed by atoms with Crippen molar-refractivity contribution in [1.82, 2.24) is 9.55 Å². The fourth-order valence-electron chi connectivity index (χ4n) is 2.11. The molecule has 0 bridgehead atoms. The first-order valence-corrected chi connectivity index (χ1v) is 8.95. The second-order valence-electron chi connectivity index (χ2n) is 4.55. The van der Waals surface area contributed by atoms with Crippen LogP contribution in [0.15, 0.2) is 41.2 Å². The second kappa shape index (κ2) is 6.58. The Morgan fingerprint density at radius 1 is 1.41 bits per heavy atom. The molecule has 1 aliphatic heterocycles. The topological polar surface area (TPSA) is 60.9 Å². The number of nitrogens with two attached hydrogens (primary N) is 1. The van der Waals surface area contributed by atoms with Gasteiger partial charge in [0.1, 0.15) is 5.70 Å². The van der Waals surface area contributed by atoms with E-state index in [0.717, 1.165) is 15.6 Å². The van der Waals surface area contributed by atoms with Gasteiger partial charge in [-0.2, -0.15) is 0 Å². The fraction of sp³-hybridized carbons (Fsp3) is 0.143. The summed E-state index contributed by atoms with van der Waals surface area (Å²) in [7, 11) is 0. The average Bonchev–Trinajstić information content (AvgIpc) is 3.11. The van der Waals surface area contributed by atoms with E-state index in [9.17, 15) is 4.79 Å². The summed E-state index contributed by atoms with van der Waals surface area (Å²) >= 11 is 15.4. The van der Waals surface area contributed by atoms with Gasteiger partial charge in [-0.15, -0.1) is 23.5 Å². The summed E-state index contributed by atoms with van der Waals surface area (Å²) in [5.74, 6) is 0.336. The number of benzene rings is 1. The maximum Gasteiger partial charge on any atom is 0.267 e.